The van der Waals surface area contributed by atoms with E-state index in [9.17, 15) is 0 Å². The Morgan fingerprint density at radius 2 is 0.500 bits per heavy atom. The smallest absolute Gasteiger partial charge is 0 e. The number of hydrogen-bond acceptors (Lipinski definition) is 0. The first-order chi connectivity index (χ1) is 0. The van der Waals surface area contributed by atoms with E-state index in [1.54, 1.807) is 0 Å². The van der Waals surface area contributed by atoms with E-state index in [0.29, 0.717) is 0 Å². The minimum atomic E-state index is 0. The average Bonchev–Trinajstić information content (AvgIpc) is 0. The minimum Gasteiger partial charge on any atom is -0.358 e. The predicted molar refractivity (Wildman–Crippen MR) is 19.2 cm³/mol. The van der Waals surface area contributed by atoms with E-state index < -0.39 is 0 Å². The van der Waals surface area contributed by atoms with Crippen LogP contribution in [0.25, 0.3) is 0 Å². The molecule has 4 heavy (non-hydrogen) atoms. The monoisotopic (exact) mass is 134 g/mol. The molecular formula is C3H9Y-3. The summed E-state index contributed by atoms with van der Waals surface area (Å²) in [6.45, 7) is 0. The van der Waals surface area contributed by atoms with Gasteiger partial charge in [-0.3, -0.25) is 0 Å². The molecule has 0 amide bonds. The van der Waals surface area contributed by atoms with Crippen molar-refractivity contribution in [3.8, 4) is 0 Å². The third-order valence-electron chi connectivity index (χ3n) is 0. The molecule has 0 aliphatic heterocycles. The summed E-state index contributed by atoms with van der Waals surface area (Å²) in [5.41, 5.74) is 0. The Kier molecular flexibility index (Phi) is 572. The SMILES string of the molecule is [CH3-].[CH3-].[CH3-].[Y]. The number of hydrogen-bond donors (Lipinski definition) is 0. The molecule has 0 heterocycles. The van der Waals surface area contributed by atoms with Gasteiger partial charge in [0.05, 0.1) is 0 Å². The van der Waals surface area contributed by atoms with Gasteiger partial charge in [0.15, 0.2) is 0 Å². The van der Waals surface area contributed by atoms with E-state index in [4.69, 9.17) is 0 Å². The molecule has 0 saturated carbocycles. The van der Waals surface area contributed by atoms with Gasteiger partial charge in [0.2, 0.25) is 0 Å². The van der Waals surface area contributed by atoms with E-state index in [2.05, 4.69) is 0 Å². The molecular weight excluding hydrogens is 125 g/mol. The molecule has 0 spiro atoms. The summed E-state index contributed by atoms with van der Waals surface area (Å²) in [5, 5.41) is 0. The van der Waals surface area contributed by atoms with Gasteiger partial charge >= 0.3 is 0 Å². The predicted octanol–water partition coefficient (Wildman–Crippen LogP) is 1.35. The standard InChI is InChI=1S/3CH3.Y/h3*1H3;/q3*-1;. The second-order valence-electron chi connectivity index (χ2n) is 0. The van der Waals surface area contributed by atoms with Crippen LogP contribution in [0.2, 0.25) is 0 Å². The van der Waals surface area contributed by atoms with Crippen LogP contribution in [0.5, 0.6) is 0 Å². The van der Waals surface area contributed by atoms with Gasteiger partial charge in [-0.25, -0.2) is 0 Å². The summed E-state index contributed by atoms with van der Waals surface area (Å²) in [5.74, 6) is 0. The Balaban J connectivity index is 0. The van der Waals surface area contributed by atoms with Crippen LogP contribution in [0.15, 0.2) is 0 Å². The van der Waals surface area contributed by atoms with Crippen molar-refractivity contribution in [2.75, 3.05) is 0 Å². The first kappa shape index (κ1) is 70.5. The van der Waals surface area contributed by atoms with E-state index >= 15 is 0 Å². The Labute approximate surface area is 54.9 Å². The minimum absolute atomic E-state index is 0. The second-order valence-corrected chi connectivity index (χ2v) is 0. The molecule has 0 saturated heterocycles. The molecule has 0 unspecified atom stereocenters. The Morgan fingerprint density at radius 3 is 0.500 bits per heavy atom. The molecule has 0 bridgehead atoms. The molecule has 0 aliphatic rings. The summed E-state index contributed by atoms with van der Waals surface area (Å²) in [6, 6.07) is 0. The van der Waals surface area contributed by atoms with Crippen LogP contribution in [0, 0.1) is 22.3 Å². The fourth-order valence-corrected chi connectivity index (χ4v) is 0. The Bertz CT molecular complexity index is 3.25. The largest absolute Gasteiger partial charge is 0.358 e. The van der Waals surface area contributed by atoms with Crippen LogP contribution in [0.1, 0.15) is 0 Å². The Hall–Kier alpha value is 1.10. The van der Waals surface area contributed by atoms with Crippen LogP contribution in [-0.2, 0) is 32.7 Å². The van der Waals surface area contributed by atoms with E-state index in [1.165, 1.54) is 0 Å². The van der Waals surface area contributed by atoms with Crippen LogP contribution in [0.4, 0.5) is 0 Å². The molecule has 1 radical (unpaired) electrons. The van der Waals surface area contributed by atoms with E-state index in [1.807, 2.05) is 0 Å². The molecule has 1 heteroatoms. The maximum absolute atomic E-state index is 0. The molecule has 0 fully saturated rings. The summed E-state index contributed by atoms with van der Waals surface area (Å²) < 4.78 is 0. The van der Waals surface area contributed by atoms with Gasteiger partial charge in [0, 0.05) is 32.7 Å². The summed E-state index contributed by atoms with van der Waals surface area (Å²) in [4.78, 5) is 0. The molecule has 0 atom stereocenters. The fraction of sp³-hybridized carbons (Fsp3) is 0. The normalized spacial score (nSPS) is 0. The van der Waals surface area contributed by atoms with Crippen molar-refractivity contribution < 1.29 is 32.7 Å². The van der Waals surface area contributed by atoms with Crippen molar-refractivity contribution in [1.29, 1.82) is 0 Å². The average molecular weight is 134 g/mol. The van der Waals surface area contributed by atoms with Gasteiger partial charge in [-0.05, 0) is 0 Å². The summed E-state index contributed by atoms with van der Waals surface area (Å²) in [6.07, 6.45) is 0. The molecule has 0 aliphatic carbocycles. The van der Waals surface area contributed by atoms with Gasteiger partial charge in [-0.2, -0.15) is 0 Å². The van der Waals surface area contributed by atoms with E-state index in [0.717, 1.165) is 0 Å². The first-order valence-corrected chi connectivity index (χ1v) is 0. The van der Waals surface area contributed by atoms with Crippen LogP contribution < -0.4 is 0 Å². The van der Waals surface area contributed by atoms with Crippen LogP contribution >= 0.6 is 0 Å². The molecule has 0 aromatic rings. The maximum Gasteiger partial charge on any atom is 0 e. The molecule has 0 aromatic carbocycles. The van der Waals surface area contributed by atoms with Crippen molar-refractivity contribution in [2.24, 2.45) is 0 Å². The molecule has 0 N–H and O–H groups in total. The molecule has 27 valence electrons. The van der Waals surface area contributed by atoms with Gasteiger partial charge in [0.25, 0.3) is 0 Å². The van der Waals surface area contributed by atoms with E-state index in [-0.39, 0.29) is 55.0 Å². The van der Waals surface area contributed by atoms with Crippen molar-refractivity contribution in [3.63, 3.8) is 0 Å². The second kappa shape index (κ2) is 32.4. The topological polar surface area (TPSA) is 0 Å². The molecule has 0 rings (SSSR count). The zero-order valence-electron chi connectivity index (χ0n) is 3.58. The zero-order valence-corrected chi connectivity index (χ0v) is 6.42. The molecule has 0 aromatic heterocycles. The van der Waals surface area contributed by atoms with Crippen molar-refractivity contribution >= 4 is 0 Å². The fourth-order valence-electron chi connectivity index (χ4n) is 0. The van der Waals surface area contributed by atoms with Crippen molar-refractivity contribution in [1.82, 2.24) is 0 Å². The van der Waals surface area contributed by atoms with Gasteiger partial charge in [0.1, 0.15) is 0 Å². The van der Waals surface area contributed by atoms with Gasteiger partial charge in [-0.15, -0.1) is 0 Å². The van der Waals surface area contributed by atoms with Gasteiger partial charge < -0.3 is 22.3 Å². The molecule has 0 nitrogen and oxygen atoms in total. The van der Waals surface area contributed by atoms with Crippen molar-refractivity contribution in [2.45, 2.75) is 0 Å². The summed E-state index contributed by atoms with van der Waals surface area (Å²) in [7, 11) is 0. The zero-order chi connectivity index (χ0) is 0. The van der Waals surface area contributed by atoms with Gasteiger partial charge in [-0.1, -0.05) is 0 Å². The number of rotatable bonds is 0. The van der Waals surface area contributed by atoms with Crippen molar-refractivity contribution in [3.05, 3.63) is 22.3 Å². The third kappa shape index (κ3) is 11.3. The Morgan fingerprint density at radius 1 is 0.500 bits per heavy atom. The first-order valence-electron chi connectivity index (χ1n) is 0. The maximum atomic E-state index is 0. The third-order valence-corrected chi connectivity index (χ3v) is 0. The van der Waals surface area contributed by atoms with Crippen LogP contribution in [-0.4, -0.2) is 0 Å². The van der Waals surface area contributed by atoms with Crippen LogP contribution in [0.3, 0.4) is 0 Å². The summed E-state index contributed by atoms with van der Waals surface area (Å²) >= 11 is 0. The quantitative estimate of drug-likeness (QED) is 0.438.